The number of benzene rings is 1. The fraction of sp³-hybridized carbons (Fsp3) is 0.588. The van der Waals surface area contributed by atoms with Crippen molar-refractivity contribution < 1.29 is 18.7 Å². The molecule has 0 spiro atoms. The van der Waals surface area contributed by atoms with E-state index < -0.39 is 11.9 Å². The topological polar surface area (TPSA) is 59.6 Å². The Bertz CT molecular complexity index is 531. The lowest BCUT2D eigenvalue weighted by molar-refractivity contribution is -0.128. The molecular weight excluding hydrogens is 299 g/mol. The normalized spacial score (nSPS) is 18.9. The summed E-state index contributed by atoms with van der Waals surface area (Å²) in [5.41, 5.74) is 0.707. The minimum atomic E-state index is -0.675. The van der Waals surface area contributed by atoms with Gasteiger partial charge in [-0.2, -0.15) is 0 Å². The van der Waals surface area contributed by atoms with Crippen LogP contribution in [0, 0.1) is 5.82 Å². The fourth-order valence-corrected chi connectivity index (χ4v) is 2.41. The van der Waals surface area contributed by atoms with Crippen molar-refractivity contribution in [2.75, 3.05) is 23.8 Å². The maximum atomic E-state index is 14.0. The first-order valence-corrected chi connectivity index (χ1v) is 8.06. The number of nitrogens with one attached hydrogen (secondary N) is 2. The van der Waals surface area contributed by atoms with Gasteiger partial charge in [0.15, 0.2) is 0 Å². The Labute approximate surface area is 136 Å². The quantitative estimate of drug-likeness (QED) is 0.809. The molecule has 1 saturated heterocycles. The number of hydrogen-bond acceptors (Lipinski definition) is 4. The van der Waals surface area contributed by atoms with E-state index in [-0.39, 0.29) is 23.7 Å². The third-order valence-corrected chi connectivity index (χ3v) is 3.63. The third-order valence-electron chi connectivity index (χ3n) is 3.63. The van der Waals surface area contributed by atoms with Crippen molar-refractivity contribution in [3.05, 3.63) is 24.0 Å². The predicted molar refractivity (Wildman–Crippen MR) is 88.2 cm³/mol. The summed E-state index contributed by atoms with van der Waals surface area (Å²) in [5, 5.41) is 5.74. The predicted octanol–water partition coefficient (Wildman–Crippen LogP) is 3.17. The molecule has 1 aromatic rings. The van der Waals surface area contributed by atoms with Gasteiger partial charge in [-0.3, -0.25) is 4.79 Å². The molecule has 1 fully saturated rings. The van der Waals surface area contributed by atoms with Crippen LogP contribution in [0.1, 0.15) is 33.6 Å². The highest BCUT2D eigenvalue weighted by Gasteiger charge is 2.21. The zero-order chi connectivity index (χ0) is 16.8. The van der Waals surface area contributed by atoms with Crippen LogP contribution in [0.4, 0.5) is 15.8 Å². The van der Waals surface area contributed by atoms with Gasteiger partial charge >= 0.3 is 0 Å². The number of amides is 1. The Morgan fingerprint density at radius 1 is 1.43 bits per heavy atom. The highest BCUT2D eigenvalue weighted by atomic mass is 19.1. The zero-order valence-electron chi connectivity index (χ0n) is 13.9. The van der Waals surface area contributed by atoms with Crippen LogP contribution >= 0.6 is 0 Å². The number of anilines is 2. The molecule has 2 N–H and O–H groups in total. The van der Waals surface area contributed by atoms with Crippen LogP contribution in [-0.4, -0.2) is 37.4 Å². The zero-order valence-corrected chi connectivity index (χ0v) is 13.9. The Morgan fingerprint density at radius 3 is 2.87 bits per heavy atom. The minimum absolute atomic E-state index is 0.0527. The lowest BCUT2D eigenvalue weighted by Gasteiger charge is -2.19. The van der Waals surface area contributed by atoms with Crippen molar-refractivity contribution in [1.29, 1.82) is 0 Å². The molecule has 1 aliphatic heterocycles. The Kier molecular flexibility index (Phi) is 6.36. The second-order valence-corrected chi connectivity index (χ2v) is 6.06. The molecule has 1 aromatic carbocycles. The lowest BCUT2D eigenvalue weighted by atomic mass is 10.2. The van der Waals surface area contributed by atoms with E-state index in [1.165, 1.54) is 6.07 Å². The minimum Gasteiger partial charge on any atom is -0.381 e. The highest BCUT2D eigenvalue weighted by Crippen LogP contribution is 2.26. The van der Waals surface area contributed by atoms with E-state index in [0.29, 0.717) is 12.3 Å². The first-order chi connectivity index (χ1) is 11.0. The van der Waals surface area contributed by atoms with E-state index in [0.717, 1.165) is 19.4 Å². The van der Waals surface area contributed by atoms with Gasteiger partial charge in [0.05, 0.1) is 18.4 Å². The van der Waals surface area contributed by atoms with Gasteiger partial charge < -0.3 is 20.1 Å². The van der Waals surface area contributed by atoms with Crippen molar-refractivity contribution >= 4 is 17.3 Å². The summed E-state index contributed by atoms with van der Waals surface area (Å²) in [5.74, 6) is -0.852. The van der Waals surface area contributed by atoms with Crippen LogP contribution in [0.15, 0.2) is 18.2 Å². The largest absolute Gasteiger partial charge is 0.381 e. The van der Waals surface area contributed by atoms with Gasteiger partial charge in [-0.1, -0.05) is 6.07 Å². The number of para-hydroxylation sites is 1. The van der Waals surface area contributed by atoms with Crippen molar-refractivity contribution in [3.63, 3.8) is 0 Å². The van der Waals surface area contributed by atoms with Crippen molar-refractivity contribution in [1.82, 2.24) is 0 Å². The number of carbonyl (C=O) groups excluding carboxylic acids is 1. The van der Waals surface area contributed by atoms with Gasteiger partial charge in [0.2, 0.25) is 0 Å². The molecule has 1 heterocycles. The van der Waals surface area contributed by atoms with Gasteiger partial charge in [-0.05, 0) is 45.7 Å². The van der Waals surface area contributed by atoms with Crippen molar-refractivity contribution in [2.45, 2.75) is 51.9 Å². The van der Waals surface area contributed by atoms with Crippen LogP contribution < -0.4 is 10.6 Å². The van der Waals surface area contributed by atoms with Crippen molar-refractivity contribution in [2.24, 2.45) is 0 Å². The molecule has 0 aromatic heterocycles. The van der Waals surface area contributed by atoms with Crippen LogP contribution in [0.25, 0.3) is 0 Å². The Morgan fingerprint density at radius 2 is 2.22 bits per heavy atom. The van der Waals surface area contributed by atoms with E-state index in [9.17, 15) is 9.18 Å². The van der Waals surface area contributed by atoms with E-state index in [2.05, 4.69) is 10.6 Å². The smallest absolute Gasteiger partial charge is 0.253 e. The van der Waals surface area contributed by atoms with Gasteiger partial charge in [0, 0.05) is 12.6 Å². The Hall–Kier alpha value is -1.66. The summed E-state index contributed by atoms with van der Waals surface area (Å²) in [6.07, 6.45) is 1.35. The molecule has 6 heteroatoms. The second kappa shape index (κ2) is 8.26. The molecule has 1 amide bonds. The number of rotatable bonds is 7. The molecule has 2 atom stereocenters. The molecule has 23 heavy (non-hydrogen) atoms. The molecular formula is C17H25FN2O3. The summed E-state index contributed by atoms with van der Waals surface area (Å²) in [6, 6.07) is 4.78. The molecule has 0 bridgehead atoms. The summed E-state index contributed by atoms with van der Waals surface area (Å²) in [4.78, 5) is 12.2. The van der Waals surface area contributed by atoms with Crippen LogP contribution in [0.2, 0.25) is 0 Å². The van der Waals surface area contributed by atoms with E-state index in [1.807, 2.05) is 13.8 Å². The summed E-state index contributed by atoms with van der Waals surface area (Å²) in [7, 11) is 0. The molecule has 2 unspecified atom stereocenters. The summed E-state index contributed by atoms with van der Waals surface area (Å²) >= 11 is 0. The summed E-state index contributed by atoms with van der Waals surface area (Å²) in [6.45, 7) is 6.67. The molecule has 0 aliphatic carbocycles. The number of halogens is 1. The molecule has 1 aliphatic rings. The van der Waals surface area contributed by atoms with E-state index >= 15 is 0 Å². The SMILES string of the molecule is CC(C)Nc1cccc(F)c1NC(=O)C(C)OCC1CCCO1. The maximum Gasteiger partial charge on any atom is 0.253 e. The average molecular weight is 324 g/mol. The van der Waals surface area contributed by atoms with Gasteiger partial charge in [0.1, 0.15) is 17.6 Å². The van der Waals surface area contributed by atoms with Gasteiger partial charge in [0.25, 0.3) is 5.91 Å². The maximum absolute atomic E-state index is 14.0. The van der Waals surface area contributed by atoms with Gasteiger partial charge in [-0.15, -0.1) is 0 Å². The lowest BCUT2D eigenvalue weighted by Crippen LogP contribution is -2.31. The van der Waals surface area contributed by atoms with Crippen LogP contribution in [0.3, 0.4) is 0 Å². The standard InChI is InChI=1S/C17H25FN2O3/c1-11(2)19-15-8-4-7-14(18)16(15)20-17(21)12(3)23-10-13-6-5-9-22-13/h4,7-8,11-13,19H,5-6,9-10H2,1-3H3,(H,20,21). The van der Waals surface area contributed by atoms with E-state index in [4.69, 9.17) is 9.47 Å². The van der Waals surface area contributed by atoms with Gasteiger partial charge in [-0.25, -0.2) is 4.39 Å². The average Bonchev–Trinajstić information content (AvgIpc) is 3.01. The van der Waals surface area contributed by atoms with E-state index in [1.54, 1.807) is 19.1 Å². The molecule has 128 valence electrons. The highest BCUT2D eigenvalue weighted by molar-refractivity contribution is 5.97. The van der Waals surface area contributed by atoms with Crippen LogP contribution in [0.5, 0.6) is 0 Å². The summed E-state index contributed by atoms with van der Waals surface area (Å²) < 4.78 is 25.0. The number of carbonyl (C=O) groups is 1. The fourth-order valence-electron chi connectivity index (χ4n) is 2.41. The monoisotopic (exact) mass is 324 g/mol. The molecule has 0 saturated carbocycles. The molecule has 0 radical (unpaired) electrons. The first-order valence-electron chi connectivity index (χ1n) is 8.06. The second-order valence-electron chi connectivity index (χ2n) is 6.06. The molecule has 5 nitrogen and oxygen atoms in total. The van der Waals surface area contributed by atoms with Crippen molar-refractivity contribution in [3.8, 4) is 0 Å². The third kappa shape index (κ3) is 5.18. The number of ether oxygens (including phenoxy) is 2. The molecule has 2 rings (SSSR count). The Balaban J connectivity index is 1.95. The van der Waals surface area contributed by atoms with Crippen LogP contribution in [-0.2, 0) is 14.3 Å². The number of hydrogen-bond donors (Lipinski definition) is 2. The first kappa shape index (κ1) is 17.7.